The van der Waals surface area contributed by atoms with E-state index in [1.807, 2.05) is 12.1 Å². The zero-order valence-corrected chi connectivity index (χ0v) is 19.9. The van der Waals surface area contributed by atoms with Crippen molar-refractivity contribution in [2.75, 3.05) is 52.0 Å². The summed E-state index contributed by atoms with van der Waals surface area (Å²) in [7, 11) is 3.43. The van der Waals surface area contributed by atoms with Crippen LogP contribution in [0.15, 0.2) is 42.5 Å². The van der Waals surface area contributed by atoms with Crippen LogP contribution in [0.25, 0.3) is 0 Å². The van der Waals surface area contributed by atoms with Gasteiger partial charge in [0.1, 0.15) is 18.1 Å². The number of rotatable bonds is 10. The number of aliphatic hydroxyl groups excluding tert-OH is 1. The van der Waals surface area contributed by atoms with E-state index < -0.39 is 0 Å². The maximum Gasteiger partial charge on any atom is 0.142 e. The SMILES string of the molecule is COCCCN1CCOc2ccc(CO[C@H]3CC[C@@H](CO)C[C@@H]3c3ccc(OC)cc3)cc21. The predicted octanol–water partition coefficient (Wildman–Crippen LogP) is 4.39. The molecule has 1 heterocycles. The summed E-state index contributed by atoms with van der Waals surface area (Å²) in [4.78, 5) is 2.38. The van der Waals surface area contributed by atoms with E-state index in [0.717, 1.165) is 68.1 Å². The molecule has 0 saturated heterocycles. The fourth-order valence-corrected chi connectivity index (χ4v) is 5.04. The first-order valence-electron chi connectivity index (χ1n) is 12.1. The van der Waals surface area contributed by atoms with Gasteiger partial charge in [-0.25, -0.2) is 0 Å². The lowest BCUT2D eigenvalue weighted by molar-refractivity contribution is -0.0144. The van der Waals surface area contributed by atoms with Crippen LogP contribution < -0.4 is 14.4 Å². The van der Waals surface area contributed by atoms with Gasteiger partial charge >= 0.3 is 0 Å². The Balaban J connectivity index is 1.44. The third kappa shape index (κ3) is 5.99. The summed E-state index contributed by atoms with van der Waals surface area (Å²) in [6.45, 7) is 4.14. The Morgan fingerprint density at radius 2 is 1.94 bits per heavy atom. The van der Waals surface area contributed by atoms with Crippen LogP contribution in [0, 0.1) is 5.92 Å². The molecule has 0 aromatic heterocycles. The standard InChI is InChI=1S/C27H37NO5/c1-30-14-3-12-28-13-15-32-27-11-5-21(17-25(27)28)19-33-26-10-4-20(18-29)16-24(26)22-6-8-23(31-2)9-7-22/h5-9,11,17,20,24,26,29H,3-4,10,12-16,18-19H2,1-2H3/t20-,24-,26+/m1/s1. The second kappa shape index (κ2) is 11.7. The second-order valence-corrected chi connectivity index (χ2v) is 9.07. The van der Waals surface area contributed by atoms with Gasteiger partial charge in [-0.05, 0) is 67.0 Å². The molecule has 3 atom stereocenters. The molecule has 4 rings (SSSR count). The molecule has 0 spiro atoms. The lowest BCUT2D eigenvalue weighted by atomic mass is 9.76. The molecule has 0 amide bonds. The number of fused-ring (bicyclic) bond motifs is 1. The van der Waals surface area contributed by atoms with E-state index in [4.69, 9.17) is 18.9 Å². The molecule has 0 unspecified atom stereocenters. The van der Waals surface area contributed by atoms with Gasteiger partial charge in [0.2, 0.25) is 0 Å². The zero-order valence-electron chi connectivity index (χ0n) is 19.9. The number of hydrogen-bond donors (Lipinski definition) is 1. The third-order valence-electron chi connectivity index (χ3n) is 6.92. The molecule has 33 heavy (non-hydrogen) atoms. The van der Waals surface area contributed by atoms with Crippen LogP contribution in [0.4, 0.5) is 5.69 Å². The Bertz CT molecular complexity index is 871. The number of hydrogen-bond acceptors (Lipinski definition) is 6. The van der Waals surface area contributed by atoms with E-state index in [1.165, 1.54) is 5.56 Å². The van der Waals surface area contributed by atoms with Crippen molar-refractivity contribution >= 4 is 5.69 Å². The predicted molar refractivity (Wildman–Crippen MR) is 129 cm³/mol. The van der Waals surface area contributed by atoms with Crippen molar-refractivity contribution in [2.45, 2.75) is 44.3 Å². The molecule has 180 valence electrons. The van der Waals surface area contributed by atoms with Crippen molar-refractivity contribution in [1.29, 1.82) is 0 Å². The molecule has 2 aliphatic rings. The molecular formula is C27H37NO5. The molecule has 0 bridgehead atoms. The highest BCUT2D eigenvalue weighted by Gasteiger charge is 2.32. The number of anilines is 1. The van der Waals surface area contributed by atoms with Crippen molar-refractivity contribution in [3.63, 3.8) is 0 Å². The summed E-state index contributed by atoms with van der Waals surface area (Å²) in [6.07, 6.45) is 4.03. The smallest absolute Gasteiger partial charge is 0.142 e. The van der Waals surface area contributed by atoms with Gasteiger partial charge in [-0.1, -0.05) is 18.2 Å². The summed E-state index contributed by atoms with van der Waals surface area (Å²) in [5.74, 6) is 2.41. The Hall–Kier alpha value is -2.28. The molecule has 2 aromatic rings. The first kappa shape index (κ1) is 23.9. The zero-order chi connectivity index (χ0) is 23.0. The van der Waals surface area contributed by atoms with Crippen molar-refractivity contribution < 1.29 is 24.1 Å². The van der Waals surface area contributed by atoms with Crippen LogP contribution in [0.2, 0.25) is 0 Å². The van der Waals surface area contributed by atoms with E-state index in [1.54, 1.807) is 14.2 Å². The first-order chi connectivity index (χ1) is 16.2. The van der Waals surface area contributed by atoms with Crippen LogP contribution in [0.3, 0.4) is 0 Å². The molecule has 6 heteroatoms. The maximum absolute atomic E-state index is 9.76. The monoisotopic (exact) mass is 455 g/mol. The number of benzene rings is 2. The van der Waals surface area contributed by atoms with Crippen LogP contribution in [0.5, 0.6) is 11.5 Å². The van der Waals surface area contributed by atoms with E-state index in [-0.39, 0.29) is 18.6 Å². The van der Waals surface area contributed by atoms with E-state index in [0.29, 0.717) is 19.1 Å². The van der Waals surface area contributed by atoms with Crippen LogP contribution in [0.1, 0.15) is 42.7 Å². The third-order valence-corrected chi connectivity index (χ3v) is 6.92. The minimum Gasteiger partial charge on any atom is -0.497 e. The van der Waals surface area contributed by atoms with Crippen molar-refractivity contribution in [2.24, 2.45) is 5.92 Å². The Morgan fingerprint density at radius 3 is 2.70 bits per heavy atom. The number of methoxy groups -OCH3 is 2. The average Bonchev–Trinajstić information content (AvgIpc) is 2.87. The van der Waals surface area contributed by atoms with Gasteiger partial charge in [0.15, 0.2) is 0 Å². The molecule has 1 aliphatic heterocycles. The minimum absolute atomic E-state index is 0.131. The first-order valence-corrected chi connectivity index (χ1v) is 12.1. The van der Waals surface area contributed by atoms with Gasteiger partial charge in [0, 0.05) is 32.8 Å². The van der Waals surface area contributed by atoms with Crippen LogP contribution in [-0.2, 0) is 16.1 Å². The van der Waals surface area contributed by atoms with Crippen LogP contribution >= 0.6 is 0 Å². The normalized spacial score (nSPS) is 22.5. The molecule has 0 radical (unpaired) electrons. The molecule has 1 saturated carbocycles. The molecular weight excluding hydrogens is 418 g/mol. The van der Waals surface area contributed by atoms with Gasteiger partial charge in [0.25, 0.3) is 0 Å². The summed E-state index contributed by atoms with van der Waals surface area (Å²) in [6, 6.07) is 14.7. The molecule has 1 N–H and O–H groups in total. The highest BCUT2D eigenvalue weighted by atomic mass is 16.5. The minimum atomic E-state index is 0.131. The van der Waals surface area contributed by atoms with Crippen molar-refractivity contribution in [3.05, 3.63) is 53.6 Å². The summed E-state index contributed by atoms with van der Waals surface area (Å²) in [5.41, 5.74) is 3.56. The van der Waals surface area contributed by atoms with Gasteiger partial charge in [-0.2, -0.15) is 0 Å². The van der Waals surface area contributed by atoms with Crippen molar-refractivity contribution in [3.8, 4) is 11.5 Å². The van der Waals surface area contributed by atoms with Gasteiger partial charge < -0.3 is 29.0 Å². The van der Waals surface area contributed by atoms with E-state index in [9.17, 15) is 5.11 Å². The van der Waals surface area contributed by atoms with Gasteiger partial charge in [-0.15, -0.1) is 0 Å². The second-order valence-electron chi connectivity index (χ2n) is 9.07. The topological polar surface area (TPSA) is 60.4 Å². The fraction of sp³-hybridized carbons (Fsp3) is 0.556. The average molecular weight is 456 g/mol. The highest BCUT2D eigenvalue weighted by Crippen LogP contribution is 2.39. The number of aliphatic hydroxyl groups is 1. The summed E-state index contributed by atoms with van der Waals surface area (Å²) in [5, 5.41) is 9.76. The van der Waals surface area contributed by atoms with Gasteiger partial charge in [0.05, 0.1) is 32.1 Å². The maximum atomic E-state index is 9.76. The summed E-state index contributed by atoms with van der Waals surface area (Å²) < 4.78 is 22.9. The lowest BCUT2D eigenvalue weighted by Crippen LogP contribution is -2.34. The fourth-order valence-electron chi connectivity index (χ4n) is 5.04. The molecule has 1 aliphatic carbocycles. The van der Waals surface area contributed by atoms with Crippen LogP contribution in [-0.4, -0.2) is 58.3 Å². The summed E-state index contributed by atoms with van der Waals surface area (Å²) >= 11 is 0. The highest BCUT2D eigenvalue weighted by molar-refractivity contribution is 5.61. The largest absolute Gasteiger partial charge is 0.497 e. The van der Waals surface area contributed by atoms with Crippen molar-refractivity contribution in [1.82, 2.24) is 0 Å². The number of nitrogens with zero attached hydrogens (tertiary/aromatic N) is 1. The lowest BCUT2D eigenvalue weighted by Gasteiger charge is -2.36. The molecule has 2 aromatic carbocycles. The Morgan fingerprint density at radius 1 is 1.09 bits per heavy atom. The Labute approximate surface area is 197 Å². The molecule has 1 fully saturated rings. The van der Waals surface area contributed by atoms with Gasteiger partial charge in [-0.3, -0.25) is 0 Å². The van der Waals surface area contributed by atoms with E-state index >= 15 is 0 Å². The molecule has 6 nitrogen and oxygen atoms in total. The van der Waals surface area contributed by atoms with E-state index in [2.05, 4.69) is 35.2 Å². The number of ether oxygens (including phenoxy) is 4. The Kier molecular flexibility index (Phi) is 8.48. The quantitative estimate of drug-likeness (QED) is 0.536.